The summed E-state index contributed by atoms with van der Waals surface area (Å²) in [5, 5.41) is 2.89. The molecule has 1 saturated carbocycles. The quantitative estimate of drug-likeness (QED) is 0.773. The molecule has 0 spiro atoms. The van der Waals surface area contributed by atoms with Gasteiger partial charge in [0.05, 0.1) is 0 Å². The Morgan fingerprint density at radius 2 is 2.00 bits per heavy atom. The molecule has 1 atom stereocenters. The molecule has 0 bridgehead atoms. The zero-order chi connectivity index (χ0) is 12.7. The molecule has 1 amide bonds. The van der Waals surface area contributed by atoms with Gasteiger partial charge in [0.1, 0.15) is 0 Å². The Bertz CT molecular complexity index is 224. The summed E-state index contributed by atoms with van der Waals surface area (Å²) in [4.78, 5) is 13.4. The van der Waals surface area contributed by atoms with Crippen molar-refractivity contribution in [3.8, 4) is 0 Å². The van der Waals surface area contributed by atoms with Crippen molar-refractivity contribution in [1.29, 1.82) is 0 Å². The van der Waals surface area contributed by atoms with Gasteiger partial charge >= 0.3 is 0 Å². The predicted octanol–water partition coefficient (Wildman–Crippen LogP) is 2.41. The molecule has 0 heterocycles. The number of carbonyl (C=O) groups excluding carboxylic acids is 1. The lowest BCUT2D eigenvalue weighted by Crippen LogP contribution is -2.43. The minimum absolute atomic E-state index is 0.0753. The van der Waals surface area contributed by atoms with Crippen LogP contribution in [0.3, 0.4) is 0 Å². The Balaban J connectivity index is 2.33. The van der Waals surface area contributed by atoms with Crippen LogP contribution in [0.15, 0.2) is 0 Å². The molecule has 100 valence electrons. The summed E-state index contributed by atoms with van der Waals surface area (Å²) >= 11 is 0. The number of likely N-dealkylation sites (N-methyl/N-ethyl adjacent to an activating group) is 1. The van der Waals surface area contributed by atoms with E-state index in [1.807, 2.05) is 0 Å². The summed E-state index contributed by atoms with van der Waals surface area (Å²) in [6.07, 6.45) is 6.99. The van der Waals surface area contributed by atoms with Crippen LogP contribution in [-0.2, 0) is 4.79 Å². The fraction of sp³-hybridized carbons (Fsp3) is 0.929. The van der Waals surface area contributed by atoms with Gasteiger partial charge in [-0.3, -0.25) is 9.69 Å². The molecule has 1 N–H and O–H groups in total. The number of carbonyl (C=O) groups is 1. The Labute approximate surface area is 106 Å². The normalized spacial score (nSPS) is 19.3. The maximum atomic E-state index is 10.9. The number of nitrogens with zero attached hydrogens (tertiary/aromatic N) is 1. The standard InChI is InChI=1S/C14H28N2O/c1-4-16(11-10-15-13(3)17)12(2)14-8-6-5-7-9-14/h12,14H,4-11H2,1-3H3,(H,15,17). The van der Waals surface area contributed by atoms with Crippen molar-refractivity contribution in [2.45, 2.75) is 58.9 Å². The van der Waals surface area contributed by atoms with Gasteiger partial charge in [-0.05, 0) is 32.2 Å². The summed E-state index contributed by atoms with van der Waals surface area (Å²) in [5.41, 5.74) is 0. The highest BCUT2D eigenvalue weighted by Crippen LogP contribution is 2.28. The van der Waals surface area contributed by atoms with Crippen molar-refractivity contribution in [3.63, 3.8) is 0 Å². The van der Waals surface area contributed by atoms with Crippen LogP contribution in [0.5, 0.6) is 0 Å². The fourth-order valence-corrected chi connectivity index (χ4v) is 2.94. The Hall–Kier alpha value is -0.570. The average Bonchev–Trinajstić information content (AvgIpc) is 2.34. The number of amides is 1. The second-order valence-corrected chi connectivity index (χ2v) is 5.25. The van der Waals surface area contributed by atoms with Crippen LogP contribution < -0.4 is 5.32 Å². The Morgan fingerprint density at radius 3 is 2.53 bits per heavy atom. The molecular weight excluding hydrogens is 212 g/mol. The first-order valence-corrected chi connectivity index (χ1v) is 7.13. The number of hydrogen-bond donors (Lipinski definition) is 1. The first-order chi connectivity index (χ1) is 8.15. The van der Waals surface area contributed by atoms with Crippen molar-refractivity contribution >= 4 is 5.91 Å². The second-order valence-electron chi connectivity index (χ2n) is 5.25. The average molecular weight is 240 g/mol. The van der Waals surface area contributed by atoms with E-state index >= 15 is 0 Å². The lowest BCUT2D eigenvalue weighted by Gasteiger charge is -2.36. The highest BCUT2D eigenvalue weighted by atomic mass is 16.1. The summed E-state index contributed by atoms with van der Waals surface area (Å²) < 4.78 is 0. The summed E-state index contributed by atoms with van der Waals surface area (Å²) in [5.74, 6) is 0.937. The lowest BCUT2D eigenvalue weighted by atomic mass is 9.84. The van der Waals surface area contributed by atoms with Crippen molar-refractivity contribution in [2.24, 2.45) is 5.92 Å². The molecule has 0 aromatic heterocycles. The Morgan fingerprint density at radius 1 is 1.35 bits per heavy atom. The van der Waals surface area contributed by atoms with Crippen LogP contribution in [0.4, 0.5) is 0 Å². The van der Waals surface area contributed by atoms with E-state index < -0.39 is 0 Å². The summed E-state index contributed by atoms with van der Waals surface area (Å²) in [6.45, 7) is 8.99. The third-order valence-corrected chi connectivity index (χ3v) is 4.09. The van der Waals surface area contributed by atoms with E-state index in [2.05, 4.69) is 24.1 Å². The van der Waals surface area contributed by atoms with E-state index in [-0.39, 0.29) is 5.91 Å². The summed E-state index contributed by atoms with van der Waals surface area (Å²) in [7, 11) is 0. The van der Waals surface area contributed by atoms with Gasteiger partial charge < -0.3 is 5.32 Å². The molecule has 0 radical (unpaired) electrons. The van der Waals surface area contributed by atoms with Crippen LogP contribution in [0.1, 0.15) is 52.9 Å². The largest absolute Gasteiger partial charge is 0.355 e. The fourth-order valence-electron chi connectivity index (χ4n) is 2.94. The number of rotatable bonds is 6. The molecule has 17 heavy (non-hydrogen) atoms. The molecule has 0 aromatic rings. The van der Waals surface area contributed by atoms with E-state index in [4.69, 9.17) is 0 Å². The van der Waals surface area contributed by atoms with Crippen LogP contribution >= 0.6 is 0 Å². The van der Waals surface area contributed by atoms with Gasteiger partial charge in [0.25, 0.3) is 0 Å². The van der Waals surface area contributed by atoms with E-state index in [1.54, 1.807) is 6.92 Å². The van der Waals surface area contributed by atoms with Crippen molar-refractivity contribution in [2.75, 3.05) is 19.6 Å². The van der Waals surface area contributed by atoms with Crippen LogP contribution in [0.25, 0.3) is 0 Å². The predicted molar refractivity (Wildman–Crippen MR) is 72.0 cm³/mol. The maximum Gasteiger partial charge on any atom is 0.216 e. The molecule has 1 aliphatic rings. The zero-order valence-corrected chi connectivity index (χ0v) is 11.7. The molecule has 3 heteroatoms. The molecule has 1 fully saturated rings. The second kappa shape index (κ2) is 7.70. The van der Waals surface area contributed by atoms with Gasteiger partial charge in [-0.2, -0.15) is 0 Å². The minimum atomic E-state index is 0.0753. The van der Waals surface area contributed by atoms with E-state index in [0.29, 0.717) is 6.04 Å². The molecule has 0 saturated heterocycles. The molecule has 0 aliphatic heterocycles. The molecule has 1 unspecified atom stereocenters. The number of hydrogen-bond acceptors (Lipinski definition) is 2. The van der Waals surface area contributed by atoms with E-state index in [1.165, 1.54) is 32.1 Å². The van der Waals surface area contributed by atoms with Gasteiger partial charge in [-0.15, -0.1) is 0 Å². The minimum Gasteiger partial charge on any atom is -0.355 e. The van der Waals surface area contributed by atoms with Gasteiger partial charge in [-0.25, -0.2) is 0 Å². The molecule has 1 rings (SSSR count). The number of nitrogens with one attached hydrogen (secondary N) is 1. The zero-order valence-electron chi connectivity index (χ0n) is 11.7. The molecular formula is C14H28N2O. The van der Waals surface area contributed by atoms with Gasteiger partial charge in [0, 0.05) is 26.1 Å². The monoisotopic (exact) mass is 240 g/mol. The molecule has 0 aromatic carbocycles. The molecule has 1 aliphatic carbocycles. The highest BCUT2D eigenvalue weighted by Gasteiger charge is 2.23. The van der Waals surface area contributed by atoms with Gasteiger partial charge in [-0.1, -0.05) is 26.2 Å². The smallest absolute Gasteiger partial charge is 0.216 e. The van der Waals surface area contributed by atoms with Crippen molar-refractivity contribution in [3.05, 3.63) is 0 Å². The van der Waals surface area contributed by atoms with E-state index in [9.17, 15) is 4.79 Å². The van der Waals surface area contributed by atoms with Gasteiger partial charge in [0.15, 0.2) is 0 Å². The van der Waals surface area contributed by atoms with Crippen LogP contribution in [-0.4, -0.2) is 36.5 Å². The first-order valence-electron chi connectivity index (χ1n) is 7.13. The van der Waals surface area contributed by atoms with E-state index in [0.717, 1.165) is 25.6 Å². The third kappa shape index (κ3) is 5.07. The Kier molecular flexibility index (Phi) is 6.56. The lowest BCUT2D eigenvalue weighted by molar-refractivity contribution is -0.119. The summed E-state index contributed by atoms with van der Waals surface area (Å²) in [6, 6.07) is 0.661. The van der Waals surface area contributed by atoms with Crippen molar-refractivity contribution < 1.29 is 4.79 Å². The van der Waals surface area contributed by atoms with Crippen LogP contribution in [0, 0.1) is 5.92 Å². The first kappa shape index (κ1) is 14.5. The highest BCUT2D eigenvalue weighted by molar-refractivity contribution is 5.72. The van der Waals surface area contributed by atoms with Crippen molar-refractivity contribution in [1.82, 2.24) is 10.2 Å². The van der Waals surface area contributed by atoms with Gasteiger partial charge in [0.2, 0.25) is 5.91 Å². The third-order valence-electron chi connectivity index (χ3n) is 4.09. The maximum absolute atomic E-state index is 10.9. The SMILES string of the molecule is CCN(CCNC(C)=O)C(C)C1CCCCC1. The topological polar surface area (TPSA) is 32.3 Å². The molecule has 3 nitrogen and oxygen atoms in total. The van der Waals surface area contributed by atoms with Crippen LogP contribution in [0.2, 0.25) is 0 Å².